The standard InChI is InChI=1S/C10H15NO3S/c1-8-5-6-9(14-4)10(7-8)15(12,13)11(2)3/h5-7H,1-4H3. The van der Waals surface area contributed by atoms with Crippen LogP contribution in [0.5, 0.6) is 5.75 Å². The lowest BCUT2D eigenvalue weighted by Crippen LogP contribution is -2.22. The summed E-state index contributed by atoms with van der Waals surface area (Å²) < 4.78 is 30.0. The van der Waals surface area contributed by atoms with E-state index < -0.39 is 10.0 Å². The van der Waals surface area contributed by atoms with Crippen molar-refractivity contribution in [1.82, 2.24) is 4.31 Å². The number of hydrogen-bond acceptors (Lipinski definition) is 3. The molecule has 0 amide bonds. The van der Waals surface area contributed by atoms with Gasteiger partial charge >= 0.3 is 0 Å². The fourth-order valence-corrected chi connectivity index (χ4v) is 2.32. The summed E-state index contributed by atoms with van der Waals surface area (Å²) in [4.78, 5) is 0.204. The summed E-state index contributed by atoms with van der Waals surface area (Å²) in [6, 6.07) is 5.08. The largest absolute Gasteiger partial charge is 0.495 e. The molecule has 0 aliphatic heterocycles. The molecule has 0 unspecified atom stereocenters. The van der Waals surface area contributed by atoms with E-state index in [0.29, 0.717) is 5.75 Å². The minimum atomic E-state index is -3.43. The number of aryl methyl sites for hydroxylation is 1. The van der Waals surface area contributed by atoms with Crippen LogP contribution in [0.4, 0.5) is 0 Å². The van der Waals surface area contributed by atoms with E-state index in [1.165, 1.54) is 25.5 Å². The molecule has 0 aliphatic carbocycles. The number of sulfonamides is 1. The molecule has 1 aromatic rings. The number of hydrogen-bond donors (Lipinski definition) is 0. The molecule has 0 saturated carbocycles. The number of methoxy groups -OCH3 is 1. The zero-order chi connectivity index (χ0) is 11.6. The summed E-state index contributed by atoms with van der Waals surface area (Å²) in [5.74, 6) is 0.370. The predicted octanol–water partition coefficient (Wildman–Crippen LogP) is 1.25. The van der Waals surface area contributed by atoms with Crippen molar-refractivity contribution in [3.05, 3.63) is 23.8 Å². The Morgan fingerprint density at radius 3 is 2.33 bits per heavy atom. The van der Waals surface area contributed by atoms with Gasteiger partial charge in [0.2, 0.25) is 10.0 Å². The maximum atomic E-state index is 11.9. The molecule has 4 nitrogen and oxygen atoms in total. The Labute approximate surface area is 90.5 Å². The van der Waals surface area contributed by atoms with Gasteiger partial charge in [0.05, 0.1) is 7.11 Å². The van der Waals surface area contributed by atoms with Gasteiger partial charge in [0.15, 0.2) is 0 Å². The molecule has 5 heteroatoms. The van der Waals surface area contributed by atoms with Crippen molar-refractivity contribution >= 4 is 10.0 Å². The average molecular weight is 229 g/mol. The quantitative estimate of drug-likeness (QED) is 0.783. The summed E-state index contributed by atoms with van der Waals surface area (Å²) in [7, 11) is 1.02. The Balaban J connectivity index is 3.42. The van der Waals surface area contributed by atoms with Gasteiger partial charge in [-0.05, 0) is 24.6 Å². The van der Waals surface area contributed by atoms with E-state index in [4.69, 9.17) is 4.74 Å². The van der Waals surface area contributed by atoms with Gasteiger partial charge in [0, 0.05) is 14.1 Å². The lowest BCUT2D eigenvalue weighted by atomic mass is 10.2. The van der Waals surface area contributed by atoms with Gasteiger partial charge in [-0.2, -0.15) is 0 Å². The van der Waals surface area contributed by atoms with Crippen LogP contribution in [0.1, 0.15) is 5.56 Å². The second kappa shape index (κ2) is 4.20. The topological polar surface area (TPSA) is 46.6 Å². The normalized spacial score (nSPS) is 11.8. The first-order valence-corrected chi connectivity index (χ1v) is 5.90. The number of rotatable bonds is 3. The average Bonchev–Trinajstić information content (AvgIpc) is 2.17. The maximum absolute atomic E-state index is 11.9. The number of benzene rings is 1. The van der Waals surface area contributed by atoms with E-state index in [0.717, 1.165) is 5.56 Å². The van der Waals surface area contributed by atoms with Crippen LogP contribution in [0.25, 0.3) is 0 Å². The predicted molar refractivity (Wildman–Crippen MR) is 58.6 cm³/mol. The van der Waals surface area contributed by atoms with Crippen molar-refractivity contribution < 1.29 is 13.2 Å². The van der Waals surface area contributed by atoms with E-state index in [9.17, 15) is 8.42 Å². The minimum absolute atomic E-state index is 0.204. The molecule has 0 aliphatic rings. The summed E-state index contributed by atoms with van der Waals surface area (Å²) in [6.45, 7) is 1.84. The Morgan fingerprint density at radius 2 is 1.87 bits per heavy atom. The molecule has 0 bridgehead atoms. The van der Waals surface area contributed by atoms with Crippen LogP contribution < -0.4 is 4.74 Å². The molecule has 84 valence electrons. The minimum Gasteiger partial charge on any atom is -0.495 e. The van der Waals surface area contributed by atoms with E-state index in [1.54, 1.807) is 12.1 Å². The molecule has 1 rings (SSSR count). The molecule has 1 aromatic carbocycles. The van der Waals surface area contributed by atoms with E-state index in [2.05, 4.69) is 0 Å². The first-order valence-electron chi connectivity index (χ1n) is 4.46. The molecular formula is C10H15NO3S. The first kappa shape index (κ1) is 12.0. The van der Waals surface area contributed by atoms with Gasteiger partial charge in [0.25, 0.3) is 0 Å². The van der Waals surface area contributed by atoms with E-state index in [-0.39, 0.29) is 4.90 Å². The van der Waals surface area contributed by atoms with Gasteiger partial charge in [-0.1, -0.05) is 6.07 Å². The SMILES string of the molecule is COc1ccc(C)cc1S(=O)(=O)N(C)C. The van der Waals surface area contributed by atoms with E-state index in [1.807, 2.05) is 13.0 Å². The molecule has 0 spiro atoms. The summed E-state index contributed by atoms with van der Waals surface area (Å²) in [6.07, 6.45) is 0. The lowest BCUT2D eigenvalue weighted by Gasteiger charge is -2.14. The fourth-order valence-electron chi connectivity index (χ4n) is 1.18. The number of ether oxygens (including phenoxy) is 1. The summed E-state index contributed by atoms with van der Waals surface area (Å²) in [5, 5.41) is 0. The third kappa shape index (κ3) is 2.30. The molecule has 0 saturated heterocycles. The van der Waals surface area contributed by atoms with Crippen LogP contribution in [-0.4, -0.2) is 33.9 Å². The monoisotopic (exact) mass is 229 g/mol. The van der Waals surface area contributed by atoms with Crippen LogP contribution in [-0.2, 0) is 10.0 Å². The highest BCUT2D eigenvalue weighted by Gasteiger charge is 2.21. The third-order valence-corrected chi connectivity index (χ3v) is 3.91. The van der Waals surface area contributed by atoms with Crippen LogP contribution >= 0.6 is 0 Å². The zero-order valence-corrected chi connectivity index (χ0v) is 10.1. The lowest BCUT2D eigenvalue weighted by molar-refractivity contribution is 0.400. The van der Waals surface area contributed by atoms with Gasteiger partial charge in [-0.25, -0.2) is 12.7 Å². The molecule has 0 N–H and O–H groups in total. The van der Waals surface area contributed by atoms with Crippen molar-refractivity contribution in [1.29, 1.82) is 0 Å². The Morgan fingerprint density at radius 1 is 1.27 bits per heavy atom. The van der Waals surface area contributed by atoms with Gasteiger partial charge in [-0.3, -0.25) is 0 Å². The Kier molecular flexibility index (Phi) is 3.36. The highest BCUT2D eigenvalue weighted by molar-refractivity contribution is 7.89. The second-order valence-corrected chi connectivity index (χ2v) is 5.56. The van der Waals surface area contributed by atoms with Crippen molar-refractivity contribution in [3.63, 3.8) is 0 Å². The van der Waals surface area contributed by atoms with Gasteiger partial charge in [-0.15, -0.1) is 0 Å². The highest BCUT2D eigenvalue weighted by Crippen LogP contribution is 2.26. The summed E-state index contributed by atoms with van der Waals surface area (Å²) >= 11 is 0. The van der Waals surface area contributed by atoms with Crippen LogP contribution in [0.2, 0.25) is 0 Å². The maximum Gasteiger partial charge on any atom is 0.246 e. The van der Waals surface area contributed by atoms with Crippen molar-refractivity contribution in [3.8, 4) is 5.75 Å². The van der Waals surface area contributed by atoms with Crippen LogP contribution in [0.15, 0.2) is 23.1 Å². The van der Waals surface area contributed by atoms with E-state index >= 15 is 0 Å². The van der Waals surface area contributed by atoms with Crippen molar-refractivity contribution in [2.45, 2.75) is 11.8 Å². The molecule has 0 atom stereocenters. The summed E-state index contributed by atoms with van der Waals surface area (Å²) in [5.41, 5.74) is 0.885. The highest BCUT2D eigenvalue weighted by atomic mass is 32.2. The van der Waals surface area contributed by atoms with Crippen LogP contribution in [0, 0.1) is 6.92 Å². The fraction of sp³-hybridized carbons (Fsp3) is 0.400. The van der Waals surface area contributed by atoms with Crippen molar-refractivity contribution in [2.24, 2.45) is 0 Å². The van der Waals surface area contributed by atoms with Gasteiger partial charge < -0.3 is 4.74 Å². The molecule has 0 radical (unpaired) electrons. The Hall–Kier alpha value is -1.07. The molecule has 0 heterocycles. The molecule has 15 heavy (non-hydrogen) atoms. The molecular weight excluding hydrogens is 214 g/mol. The number of nitrogens with zero attached hydrogens (tertiary/aromatic N) is 1. The second-order valence-electron chi connectivity index (χ2n) is 3.44. The smallest absolute Gasteiger partial charge is 0.246 e. The zero-order valence-electron chi connectivity index (χ0n) is 9.31. The van der Waals surface area contributed by atoms with Crippen molar-refractivity contribution in [2.75, 3.05) is 21.2 Å². The molecule has 0 fully saturated rings. The first-order chi connectivity index (χ1) is 6.89. The Bertz CT molecular complexity index is 452. The third-order valence-electron chi connectivity index (χ3n) is 2.08. The van der Waals surface area contributed by atoms with Gasteiger partial charge in [0.1, 0.15) is 10.6 Å². The van der Waals surface area contributed by atoms with Crippen LogP contribution in [0.3, 0.4) is 0 Å². The molecule has 0 aromatic heterocycles.